The number of unbranched alkanes of at least 4 members (excludes halogenated alkanes) is 12. The molecule has 0 bridgehead atoms. The van der Waals surface area contributed by atoms with Crippen molar-refractivity contribution < 1.29 is 24.2 Å². The standard InChI is InChI=1S/C30H51NO5/c1-5-7-8-9-10-11-12-14-17-20-27(32)30-24(3)26(23-29(35)36-6-2)31(25(30)4)22-19-16-13-15-18-21-28(33)34/h5-23H2,1-4H3,(H,33,34). The highest BCUT2D eigenvalue weighted by Gasteiger charge is 2.23. The van der Waals surface area contributed by atoms with Crippen LogP contribution in [0.5, 0.6) is 0 Å². The van der Waals surface area contributed by atoms with Crippen LogP contribution in [0, 0.1) is 13.8 Å². The Morgan fingerprint density at radius 1 is 0.750 bits per heavy atom. The van der Waals surface area contributed by atoms with Gasteiger partial charge in [-0.2, -0.15) is 0 Å². The predicted octanol–water partition coefficient (Wildman–Crippen LogP) is 7.74. The Morgan fingerprint density at radius 3 is 1.83 bits per heavy atom. The molecule has 0 saturated heterocycles. The van der Waals surface area contributed by atoms with Crippen molar-refractivity contribution in [2.75, 3.05) is 6.61 Å². The van der Waals surface area contributed by atoms with Crippen LogP contribution in [-0.4, -0.2) is 34.0 Å². The molecule has 0 aromatic carbocycles. The zero-order chi connectivity index (χ0) is 26.8. The monoisotopic (exact) mass is 505 g/mol. The van der Waals surface area contributed by atoms with Crippen molar-refractivity contribution >= 4 is 17.7 Å². The van der Waals surface area contributed by atoms with Gasteiger partial charge in [-0.1, -0.05) is 77.6 Å². The molecule has 6 heteroatoms. The largest absolute Gasteiger partial charge is 0.481 e. The number of carbonyl (C=O) groups excluding carboxylic acids is 2. The first-order valence-corrected chi connectivity index (χ1v) is 14.4. The van der Waals surface area contributed by atoms with Crippen LogP contribution in [0.4, 0.5) is 0 Å². The molecule has 0 radical (unpaired) electrons. The lowest BCUT2D eigenvalue weighted by atomic mass is 9.99. The van der Waals surface area contributed by atoms with Gasteiger partial charge in [-0.05, 0) is 45.6 Å². The fraction of sp³-hybridized carbons (Fsp3) is 0.767. The van der Waals surface area contributed by atoms with Crippen LogP contribution in [0.2, 0.25) is 0 Å². The van der Waals surface area contributed by atoms with E-state index in [4.69, 9.17) is 9.84 Å². The molecule has 0 atom stereocenters. The third-order valence-electron chi connectivity index (χ3n) is 7.08. The normalized spacial score (nSPS) is 11.1. The molecule has 36 heavy (non-hydrogen) atoms. The fourth-order valence-electron chi connectivity index (χ4n) is 5.04. The quantitative estimate of drug-likeness (QED) is 0.0989. The summed E-state index contributed by atoms with van der Waals surface area (Å²) in [5.74, 6) is -0.812. The predicted molar refractivity (Wildman–Crippen MR) is 146 cm³/mol. The number of carboxylic acids is 1. The number of ether oxygens (including phenoxy) is 1. The number of hydrogen-bond acceptors (Lipinski definition) is 4. The Morgan fingerprint density at radius 2 is 1.28 bits per heavy atom. The number of carboxylic acid groups (broad SMARTS) is 1. The molecule has 1 N–H and O–H groups in total. The van der Waals surface area contributed by atoms with Crippen LogP contribution < -0.4 is 0 Å². The lowest BCUT2D eigenvalue weighted by molar-refractivity contribution is -0.142. The molecule has 0 aliphatic carbocycles. The Kier molecular flexibility index (Phi) is 16.9. The number of esters is 1. The maximum atomic E-state index is 13.2. The first-order valence-electron chi connectivity index (χ1n) is 14.4. The highest BCUT2D eigenvalue weighted by molar-refractivity contribution is 5.99. The zero-order valence-electron chi connectivity index (χ0n) is 23.5. The molecule has 0 unspecified atom stereocenters. The summed E-state index contributed by atoms with van der Waals surface area (Å²) in [5.41, 5.74) is 3.56. The summed E-state index contributed by atoms with van der Waals surface area (Å²) in [7, 11) is 0. The molecule has 1 heterocycles. The molecule has 0 saturated carbocycles. The smallest absolute Gasteiger partial charge is 0.311 e. The summed E-state index contributed by atoms with van der Waals surface area (Å²) in [6.45, 7) is 9.11. The van der Waals surface area contributed by atoms with Crippen LogP contribution in [0.25, 0.3) is 0 Å². The summed E-state index contributed by atoms with van der Waals surface area (Å²) in [6, 6.07) is 0. The SMILES string of the molecule is CCCCCCCCCCCC(=O)c1c(C)c(CC(=O)OCC)n(CCCCCCCC(=O)O)c1C. The highest BCUT2D eigenvalue weighted by Crippen LogP contribution is 2.26. The van der Waals surface area contributed by atoms with Gasteiger partial charge in [0.2, 0.25) is 0 Å². The first-order chi connectivity index (χ1) is 17.3. The number of carbonyl (C=O) groups is 3. The van der Waals surface area contributed by atoms with E-state index in [9.17, 15) is 14.4 Å². The van der Waals surface area contributed by atoms with Crippen LogP contribution in [-0.2, 0) is 27.3 Å². The van der Waals surface area contributed by atoms with Crippen LogP contribution in [0.3, 0.4) is 0 Å². The minimum atomic E-state index is -0.739. The highest BCUT2D eigenvalue weighted by atomic mass is 16.5. The first kappa shape index (κ1) is 31.9. The molecule has 0 amide bonds. The second-order valence-corrected chi connectivity index (χ2v) is 10.1. The topological polar surface area (TPSA) is 85.6 Å². The van der Waals surface area contributed by atoms with Crippen molar-refractivity contribution in [2.24, 2.45) is 0 Å². The van der Waals surface area contributed by atoms with Crippen molar-refractivity contribution in [2.45, 2.75) is 143 Å². The molecule has 6 nitrogen and oxygen atoms in total. The third kappa shape index (κ3) is 12.2. The average Bonchev–Trinajstić information content (AvgIpc) is 3.06. The van der Waals surface area contributed by atoms with Crippen LogP contribution in [0.1, 0.15) is 144 Å². The summed E-state index contributed by atoms with van der Waals surface area (Å²) in [6.07, 6.45) is 16.5. The molecule has 206 valence electrons. The number of ketones is 1. The number of aromatic nitrogens is 1. The lowest BCUT2D eigenvalue weighted by Crippen LogP contribution is -2.13. The Hall–Kier alpha value is -2.11. The second-order valence-electron chi connectivity index (χ2n) is 10.1. The van der Waals surface area contributed by atoms with Crippen molar-refractivity contribution in [3.63, 3.8) is 0 Å². The van der Waals surface area contributed by atoms with E-state index in [0.717, 1.165) is 67.6 Å². The summed E-state index contributed by atoms with van der Waals surface area (Å²) < 4.78 is 7.35. The van der Waals surface area contributed by atoms with Gasteiger partial charge in [-0.15, -0.1) is 0 Å². The number of aliphatic carboxylic acids is 1. The van der Waals surface area contributed by atoms with Gasteiger partial charge >= 0.3 is 11.9 Å². The Balaban J connectivity index is 2.68. The van der Waals surface area contributed by atoms with E-state index in [1.807, 2.05) is 13.8 Å². The molecular formula is C30H51NO5. The van der Waals surface area contributed by atoms with Gasteiger partial charge in [-0.25, -0.2) is 0 Å². The molecular weight excluding hydrogens is 454 g/mol. The number of rotatable bonds is 22. The molecule has 0 aliphatic heterocycles. The molecule has 0 aliphatic rings. The molecule has 1 rings (SSSR count). The van der Waals surface area contributed by atoms with E-state index in [1.165, 1.54) is 44.9 Å². The molecule has 0 fully saturated rings. The van der Waals surface area contributed by atoms with Crippen LogP contribution in [0.15, 0.2) is 0 Å². The summed E-state index contributed by atoms with van der Waals surface area (Å²) >= 11 is 0. The molecule has 1 aromatic heterocycles. The van der Waals surface area contributed by atoms with Crippen molar-refractivity contribution in [3.05, 3.63) is 22.5 Å². The third-order valence-corrected chi connectivity index (χ3v) is 7.08. The van der Waals surface area contributed by atoms with E-state index in [2.05, 4.69) is 11.5 Å². The van der Waals surface area contributed by atoms with Gasteiger partial charge in [0.15, 0.2) is 5.78 Å². The number of Topliss-reactive ketones (excluding diaryl/α,β-unsaturated/α-hetero) is 1. The Bertz CT molecular complexity index is 796. The van der Waals surface area contributed by atoms with Gasteiger partial charge < -0.3 is 14.4 Å². The van der Waals surface area contributed by atoms with Gasteiger partial charge in [0.25, 0.3) is 0 Å². The van der Waals surface area contributed by atoms with Gasteiger partial charge in [0.05, 0.1) is 13.0 Å². The minimum absolute atomic E-state index is 0.185. The maximum absolute atomic E-state index is 13.2. The Labute approximate surface area is 219 Å². The van der Waals surface area contributed by atoms with E-state index in [0.29, 0.717) is 19.4 Å². The van der Waals surface area contributed by atoms with E-state index in [1.54, 1.807) is 6.92 Å². The van der Waals surface area contributed by atoms with Crippen molar-refractivity contribution in [1.29, 1.82) is 0 Å². The molecule has 1 aromatic rings. The maximum Gasteiger partial charge on any atom is 0.311 e. The lowest BCUT2D eigenvalue weighted by Gasteiger charge is -2.12. The molecule has 0 spiro atoms. The average molecular weight is 506 g/mol. The van der Waals surface area contributed by atoms with E-state index >= 15 is 0 Å². The summed E-state index contributed by atoms with van der Waals surface area (Å²) in [5, 5.41) is 8.77. The van der Waals surface area contributed by atoms with Crippen molar-refractivity contribution in [1.82, 2.24) is 4.57 Å². The number of nitrogens with zero attached hydrogens (tertiary/aromatic N) is 1. The van der Waals surface area contributed by atoms with Gasteiger partial charge in [0.1, 0.15) is 0 Å². The van der Waals surface area contributed by atoms with E-state index < -0.39 is 5.97 Å². The fourth-order valence-corrected chi connectivity index (χ4v) is 5.04. The van der Waals surface area contributed by atoms with Crippen molar-refractivity contribution in [3.8, 4) is 0 Å². The zero-order valence-corrected chi connectivity index (χ0v) is 23.5. The van der Waals surface area contributed by atoms with E-state index in [-0.39, 0.29) is 24.6 Å². The number of hydrogen-bond donors (Lipinski definition) is 1. The minimum Gasteiger partial charge on any atom is -0.481 e. The second kappa shape index (κ2) is 19.1. The summed E-state index contributed by atoms with van der Waals surface area (Å²) in [4.78, 5) is 36.2. The van der Waals surface area contributed by atoms with Crippen LogP contribution >= 0.6 is 0 Å². The van der Waals surface area contributed by atoms with Gasteiger partial charge in [0, 0.05) is 36.3 Å². The van der Waals surface area contributed by atoms with Gasteiger partial charge in [-0.3, -0.25) is 14.4 Å².